The summed E-state index contributed by atoms with van der Waals surface area (Å²) in [5.74, 6) is 0.259. The van der Waals surface area contributed by atoms with Crippen molar-refractivity contribution in [1.82, 2.24) is 5.32 Å². The predicted molar refractivity (Wildman–Crippen MR) is 76.1 cm³/mol. The fourth-order valence-corrected chi connectivity index (χ4v) is 1.61. The number of halogens is 2. The van der Waals surface area contributed by atoms with Crippen molar-refractivity contribution in [3.05, 3.63) is 28.8 Å². The van der Waals surface area contributed by atoms with Crippen molar-refractivity contribution in [3.63, 3.8) is 0 Å². The zero-order valence-electron chi connectivity index (χ0n) is 10.0. The van der Waals surface area contributed by atoms with Crippen LogP contribution in [0.2, 0.25) is 5.02 Å². The maximum Gasteiger partial charge on any atom is 0.252 e. The van der Waals surface area contributed by atoms with Gasteiger partial charge in [0.2, 0.25) is 0 Å². The van der Waals surface area contributed by atoms with Gasteiger partial charge >= 0.3 is 0 Å². The maximum absolute atomic E-state index is 11.7. The predicted octanol–water partition coefficient (Wildman–Crippen LogP) is 2.71. The van der Waals surface area contributed by atoms with Gasteiger partial charge in [0, 0.05) is 6.54 Å². The average Bonchev–Trinajstić information content (AvgIpc) is 2.36. The third-order valence-corrected chi connectivity index (χ3v) is 2.73. The molecule has 0 aromatic heterocycles. The van der Waals surface area contributed by atoms with Gasteiger partial charge in [-0.25, -0.2) is 4.99 Å². The number of amides is 1. The number of benzene rings is 1. The lowest BCUT2D eigenvalue weighted by Crippen LogP contribution is -2.24. The summed E-state index contributed by atoms with van der Waals surface area (Å²) < 4.78 is 0. The number of nitrogens with zero attached hydrogens (tertiary/aromatic N) is 1. The highest BCUT2D eigenvalue weighted by Gasteiger charge is 2.09. The molecule has 1 rings (SSSR count). The second-order valence-electron chi connectivity index (χ2n) is 3.66. The summed E-state index contributed by atoms with van der Waals surface area (Å²) in [6.07, 6.45) is 0.873. The lowest BCUT2D eigenvalue weighted by atomic mass is 10.2. The van der Waals surface area contributed by atoms with Crippen LogP contribution in [-0.4, -0.2) is 24.2 Å². The number of hydrogen-bond acceptors (Lipinski definition) is 2. The standard InChI is InChI=1S/C12H15Cl2N3O/c1-2-5-16-12(18)9-4-3-8(6-10(9)14)17-11(15)7-13/h3-4,6H,2,5,7H2,1H3,(H2,15,17)(H,16,18). The number of hydrogen-bond donors (Lipinski definition) is 2. The van der Waals surface area contributed by atoms with Crippen LogP contribution in [-0.2, 0) is 0 Å². The molecule has 0 unspecified atom stereocenters. The molecule has 0 atom stereocenters. The highest BCUT2D eigenvalue weighted by molar-refractivity contribution is 6.34. The first-order chi connectivity index (χ1) is 8.58. The molecule has 0 aliphatic carbocycles. The van der Waals surface area contributed by atoms with Crippen LogP contribution in [0, 0.1) is 0 Å². The molecule has 0 heterocycles. The maximum atomic E-state index is 11.7. The fourth-order valence-electron chi connectivity index (χ4n) is 1.29. The lowest BCUT2D eigenvalue weighted by Gasteiger charge is -2.06. The Labute approximate surface area is 116 Å². The fraction of sp³-hybridized carbons (Fsp3) is 0.333. The number of carbonyl (C=O) groups excluding carboxylic acids is 1. The topological polar surface area (TPSA) is 67.5 Å². The van der Waals surface area contributed by atoms with Gasteiger partial charge in [-0.3, -0.25) is 4.79 Å². The van der Waals surface area contributed by atoms with Crippen LogP contribution in [0.3, 0.4) is 0 Å². The lowest BCUT2D eigenvalue weighted by molar-refractivity contribution is 0.0954. The number of alkyl halides is 1. The van der Waals surface area contributed by atoms with Crippen LogP contribution >= 0.6 is 23.2 Å². The van der Waals surface area contributed by atoms with E-state index in [1.54, 1.807) is 18.2 Å². The first-order valence-electron chi connectivity index (χ1n) is 5.55. The van der Waals surface area contributed by atoms with Crippen molar-refractivity contribution in [1.29, 1.82) is 0 Å². The van der Waals surface area contributed by atoms with Crippen LogP contribution in [0.1, 0.15) is 23.7 Å². The van der Waals surface area contributed by atoms with Crippen LogP contribution in [0.4, 0.5) is 5.69 Å². The summed E-state index contributed by atoms with van der Waals surface area (Å²) in [6, 6.07) is 4.88. The SMILES string of the molecule is CCCNC(=O)c1ccc(N=C(N)CCl)cc1Cl. The van der Waals surface area contributed by atoms with Crippen LogP contribution in [0.15, 0.2) is 23.2 Å². The Morgan fingerprint density at radius 1 is 1.50 bits per heavy atom. The number of nitrogens with two attached hydrogens (primary N) is 1. The zero-order chi connectivity index (χ0) is 13.5. The average molecular weight is 288 g/mol. The second kappa shape index (κ2) is 7.24. The van der Waals surface area contributed by atoms with Crippen LogP contribution in [0.5, 0.6) is 0 Å². The third kappa shape index (κ3) is 4.20. The zero-order valence-corrected chi connectivity index (χ0v) is 11.6. The minimum Gasteiger partial charge on any atom is -0.386 e. The normalized spacial score (nSPS) is 11.4. The van der Waals surface area contributed by atoms with E-state index < -0.39 is 0 Å². The molecule has 98 valence electrons. The van der Waals surface area contributed by atoms with Gasteiger partial charge in [-0.05, 0) is 24.6 Å². The van der Waals surface area contributed by atoms with Crippen molar-refractivity contribution in [3.8, 4) is 0 Å². The van der Waals surface area contributed by atoms with E-state index in [1.807, 2.05) is 6.92 Å². The molecule has 4 nitrogen and oxygen atoms in total. The second-order valence-corrected chi connectivity index (χ2v) is 4.33. The Bertz CT molecular complexity index is 461. The van der Waals surface area contributed by atoms with Gasteiger partial charge in [-0.1, -0.05) is 18.5 Å². The Morgan fingerprint density at radius 3 is 2.78 bits per heavy atom. The van der Waals surface area contributed by atoms with Gasteiger partial charge in [-0.15, -0.1) is 11.6 Å². The van der Waals surface area contributed by atoms with E-state index in [-0.39, 0.29) is 11.8 Å². The minimum absolute atomic E-state index is 0.149. The first kappa shape index (κ1) is 14.8. The van der Waals surface area contributed by atoms with Gasteiger partial charge in [0.1, 0.15) is 5.84 Å². The molecular formula is C12H15Cl2N3O. The number of aliphatic imine (C=N–C) groups is 1. The summed E-state index contributed by atoms with van der Waals surface area (Å²) in [7, 11) is 0. The Hall–Kier alpha value is -1.26. The number of nitrogens with one attached hydrogen (secondary N) is 1. The third-order valence-electron chi connectivity index (χ3n) is 2.14. The summed E-state index contributed by atoms with van der Waals surface area (Å²) in [5, 5.41) is 3.10. The van der Waals surface area contributed by atoms with E-state index in [9.17, 15) is 4.79 Å². The summed E-state index contributed by atoms with van der Waals surface area (Å²) in [4.78, 5) is 15.8. The highest BCUT2D eigenvalue weighted by atomic mass is 35.5. The quantitative estimate of drug-likeness (QED) is 0.497. The van der Waals surface area contributed by atoms with Crippen molar-refractivity contribution in [2.45, 2.75) is 13.3 Å². The van der Waals surface area contributed by atoms with Gasteiger partial charge in [-0.2, -0.15) is 0 Å². The minimum atomic E-state index is -0.192. The van der Waals surface area contributed by atoms with Crippen molar-refractivity contribution in [2.75, 3.05) is 12.4 Å². The Kier molecular flexibility index (Phi) is 5.95. The van der Waals surface area contributed by atoms with E-state index in [0.717, 1.165) is 6.42 Å². The molecule has 0 saturated heterocycles. The number of amidine groups is 1. The van der Waals surface area contributed by atoms with E-state index in [0.29, 0.717) is 28.7 Å². The Morgan fingerprint density at radius 2 is 2.22 bits per heavy atom. The molecular weight excluding hydrogens is 273 g/mol. The van der Waals surface area contributed by atoms with E-state index in [4.69, 9.17) is 28.9 Å². The van der Waals surface area contributed by atoms with E-state index >= 15 is 0 Å². The van der Waals surface area contributed by atoms with E-state index in [1.165, 1.54) is 0 Å². The van der Waals surface area contributed by atoms with Crippen molar-refractivity contribution >= 4 is 40.6 Å². The molecule has 18 heavy (non-hydrogen) atoms. The molecule has 0 saturated carbocycles. The molecule has 1 amide bonds. The smallest absolute Gasteiger partial charge is 0.252 e. The molecule has 6 heteroatoms. The van der Waals surface area contributed by atoms with E-state index in [2.05, 4.69) is 10.3 Å². The molecule has 0 aliphatic rings. The molecule has 0 bridgehead atoms. The molecule has 0 aliphatic heterocycles. The largest absolute Gasteiger partial charge is 0.386 e. The first-order valence-corrected chi connectivity index (χ1v) is 6.46. The summed E-state index contributed by atoms with van der Waals surface area (Å²) >= 11 is 11.6. The molecule has 0 spiro atoms. The van der Waals surface area contributed by atoms with Gasteiger partial charge in [0.05, 0.1) is 22.2 Å². The highest BCUT2D eigenvalue weighted by Crippen LogP contribution is 2.23. The van der Waals surface area contributed by atoms with Crippen LogP contribution < -0.4 is 11.1 Å². The Balaban J connectivity index is 2.89. The van der Waals surface area contributed by atoms with Gasteiger partial charge < -0.3 is 11.1 Å². The molecule has 1 aromatic rings. The molecule has 1 aromatic carbocycles. The van der Waals surface area contributed by atoms with Crippen molar-refractivity contribution in [2.24, 2.45) is 10.7 Å². The molecule has 0 fully saturated rings. The van der Waals surface area contributed by atoms with Gasteiger partial charge in [0.25, 0.3) is 5.91 Å². The van der Waals surface area contributed by atoms with Crippen LogP contribution in [0.25, 0.3) is 0 Å². The van der Waals surface area contributed by atoms with Crippen molar-refractivity contribution < 1.29 is 4.79 Å². The molecule has 3 N–H and O–H groups in total. The summed E-state index contributed by atoms with van der Waals surface area (Å²) in [5.41, 5.74) is 6.51. The summed E-state index contributed by atoms with van der Waals surface area (Å²) in [6.45, 7) is 2.60. The monoisotopic (exact) mass is 287 g/mol. The van der Waals surface area contributed by atoms with Gasteiger partial charge in [0.15, 0.2) is 0 Å². The number of rotatable bonds is 5. The molecule has 0 radical (unpaired) electrons. The number of carbonyl (C=O) groups is 1.